The van der Waals surface area contributed by atoms with Crippen molar-refractivity contribution in [1.82, 2.24) is 4.57 Å². The molecule has 0 aromatic carbocycles. The van der Waals surface area contributed by atoms with E-state index < -0.39 is 0 Å². The second kappa shape index (κ2) is 3.61. The lowest BCUT2D eigenvalue weighted by Gasteiger charge is -2.08. The maximum Gasteiger partial charge on any atom is 0.0270 e. The molecular weight excluding hydrogens is 146 g/mol. The molecular formula is C11H17N. The number of rotatable bonds is 2. The first kappa shape index (κ1) is 9.11. The summed E-state index contributed by atoms with van der Waals surface area (Å²) < 4.78 is 2.19. The van der Waals surface area contributed by atoms with Crippen LogP contribution in [0.25, 0.3) is 6.08 Å². The van der Waals surface area contributed by atoms with Gasteiger partial charge in [0.05, 0.1) is 0 Å². The minimum absolute atomic E-state index is 0.594. The molecule has 0 aliphatic carbocycles. The van der Waals surface area contributed by atoms with Crippen molar-refractivity contribution in [2.24, 2.45) is 7.05 Å². The molecule has 0 radical (unpaired) electrons. The van der Waals surface area contributed by atoms with Crippen LogP contribution in [-0.2, 0) is 7.05 Å². The SMILES string of the molecule is CC=Cc1ccn(C)c1C(C)C. The Labute approximate surface area is 74.7 Å². The van der Waals surface area contributed by atoms with E-state index in [1.807, 2.05) is 0 Å². The van der Waals surface area contributed by atoms with E-state index in [0.717, 1.165) is 0 Å². The topological polar surface area (TPSA) is 4.93 Å². The van der Waals surface area contributed by atoms with E-state index in [2.05, 4.69) is 56.8 Å². The molecule has 0 aliphatic rings. The molecule has 0 saturated carbocycles. The fraction of sp³-hybridized carbons (Fsp3) is 0.455. The molecule has 1 rings (SSSR count). The molecule has 0 saturated heterocycles. The monoisotopic (exact) mass is 163 g/mol. The number of allylic oxidation sites excluding steroid dienone is 1. The summed E-state index contributed by atoms with van der Waals surface area (Å²) >= 11 is 0. The van der Waals surface area contributed by atoms with Gasteiger partial charge in [0.15, 0.2) is 0 Å². The Morgan fingerprint density at radius 1 is 1.42 bits per heavy atom. The van der Waals surface area contributed by atoms with Crippen molar-refractivity contribution in [3.63, 3.8) is 0 Å². The van der Waals surface area contributed by atoms with Crippen LogP contribution in [0.2, 0.25) is 0 Å². The Kier molecular flexibility index (Phi) is 2.74. The summed E-state index contributed by atoms with van der Waals surface area (Å²) in [6.07, 6.45) is 6.36. The predicted octanol–water partition coefficient (Wildman–Crippen LogP) is 3.18. The quantitative estimate of drug-likeness (QED) is 0.631. The lowest BCUT2D eigenvalue weighted by molar-refractivity contribution is 0.739. The summed E-state index contributed by atoms with van der Waals surface area (Å²) in [6, 6.07) is 2.16. The number of aryl methyl sites for hydroxylation is 1. The van der Waals surface area contributed by atoms with Crippen molar-refractivity contribution in [2.75, 3.05) is 0 Å². The molecule has 1 aromatic rings. The third-order valence-electron chi connectivity index (χ3n) is 2.05. The van der Waals surface area contributed by atoms with Crippen LogP contribution in [0.15, 0.2) is 18.3 Å². The van der Waals surface area contributed by atoms with E-state index in [4.69, 9.17) is 0 Å². The molecule has 0 aliphatic heterocycles. The Bertz CT molecular complexity index is 279. The molecule has 0 atom stereocenters. The summed E-state index contributed by atoms with van der Waals surface area (Å²) in [5, 5.41) is 0. The van der Waals surface area contributed by atoms with Gasteiger partial charge in [-0.25, -0.2) is 0 Å². The van der Waals surface area contributed by atoms with Gasteiger partial charge in [-0.3, -0.25) is 0 Å². The van der Waals surface area contributed by atoms with Gasteiger partial charge in [0.2, 0.25) is 0 Å². The fourth-order valence-electron chi connectivity index (χ4n) is 1.62. The summed E-state index contributed by atoms with van der Waals surface area (Å²) in [5.41, 5.74) is 2.75. The summed E-state index contributed by atoms with van der Waals surface area (Å²) in [4.78, 5) is 0. The molecule has 0 spiro atoms. The van der Waals surface area contributed by atoms with Crippen LogP contribution in [0.4, 0.5) is 0 Å². The number of nitrogens with zero attached hydrogens (tertiary/aromatic N) is 1. The van der Waals surface area contributed by atoms with Crippen LogP contribution in [0.3, 0.4) is 0 Å². The van der Waals surface area contributed by atoms with E-state index in [1.165, 1.54) is 11.3 Å². The van der Waals surface area contributed by atoms with Crippen LogP contribution in [-0.4, -0.2) is 4.57 Å². The highest BCUT2D eigenvalue weighted by Gasteiger charge is 2.07. The summed E-state index contributed by atoms with van der Waals surface area (Å²) in [6.45, 7) is 6.50. The second-order valence-corrected chi connectivity index (χ2v) is 3.42. The standard InChI is InChI=1S/C11H17N/c1-5-6-10-7-8-12(4)11(10)9(2)3/h5-9H,1-4H3. The number of aromatic nitrogens is 1. The van der Waals surface area contributed by atoms with Crippen molar-refractivity contribution in [3.8, 4) is 0 Å². The van der Waals surface area contributed by atoms with Crippen LogP contribution >= 0.6 is 0 Å². The summed E-state index contributed by atoms with van der Waals surface area (Å²) in [7, 11) is 2.10. The minimum Gasteiger partial charge on any atom is -0.354 e. The average Bonchev–Trinajstić information content (AvgIpc) is 2.32. The highest BCUT2D eigenvalue weighted by Crippen LogP contribution is 2.20. The largest absolute Gasteiger partial charge is 0.354 e. The van der Waals surface area contributed by atoms with Crippen molar-refractivity contribution in [2.45, 2.75) is 26.7 Å². The Balaban J connectivity index is 3.12. The van der Waals surface area contributed by atoms with Gasteiger partial charge in [-0.05, 0) is 24.5 Å². The van der Waals surface area contributed by atoms with E-state index >= 15 is 0 Å². The maximum atomic E-state index is 2.22. The molecule has 1 heterocycles. The van der Waals surface area contributed by atoms with Gasteiger partial charge in [-0.15, -0.1) is 0 Å². The van der Waals surface area contributed by atoms with Gasteiger partial charge in [-0.1, -0.05) is 26.0 Å². The smallest absolute Gasteiger partial charge is 0.0270 e. The molecule has 0 bridgehead atoms. The zero-order valence-corrected chi connectivity index (χ0v) is 8.33. The van der Waals surface area contributed by atoms with Gasteiger partial charge < -0.3 is 4.57 Å². The third kappa shape index (κ3) is 1.60. The Morgan fingerprint density at radius 2 is 2.08 bits per heavy atom. The van der Waals surface area contributed by atoms with Gasteiger partial charge in [0.25, 0.3) is 0 Å². The Hall–Kier alpha value is -0.980. The van der Waals surface area contributed by atoms with Crippen LogP contribution in [0.1, 0.15) is 37.9 Å². The molecule has 1 aromatic heterocycles. The molecule has 0 N–H and O–H groups in total. The normalized spacial score (nSPS) is 11.8. The van der Waals surface area contributed by atoms with E-state index in [0.29, 0.717) is 5.92 Å². The third-order valence-corrected chi connectivity index (χ3v) is 2.05. The Morgan fingerprint density at radius 3 is 2.58 bits per heavy atom. The lowest BCUT2D eigenvalue weighted by atomic mass is 10.1. The van der Waals surface area contributed by atoms with Gasteiger partial charge in [0.1, 0.15) is 0 Å². The number of hydrogen-bond donors (Lipinski definition) is 0. The lowest BCUT2D eigenvalue weighted by Crippen LogP contribution is -1.98. The first-order valence-corrected chi connectivity index (χ1v) is 4.44. The summed E-state index contributed by atoms with van der Waals surface area (Å²) in [5.74, 6) is 0.594. The molecule has 1 heteroatoms. The molecule has 1 nitrogen and oxygen atoms in total. The molecule has 66 valence electrons. The van der Waals surface area contributed by atoms with E-state index in [1.54, 1.807) is 0 Å². The van der Waals surface area contributed by atoms with Crippen molar-refractivity contribution < 1.29 is 0 Å². The highest BCUT2D eigenvalue weighted by molar-refractivity contribution is 5.53. The number of hydrogen-bond acceptors (Lipinski definition) is 0. The molecule has 0 unspecified atom stereocenters. The van der Waals surface area contributed by atoms with Gasteiger partial charge >= 0.3 is 0 Å². The molecule has 0 fully saturated rings. The fourth-order valence-corrected chi connectivity index (χ4v) is 1.62. The second-order valence-electron chi connectivity index (χ2n) is 3.42. The first-order chi connectivity index (χ1) is 5.66. The zero-order chi connectivity index (χ0) is 9.14. The van der Waals surface area contributed by atoms with Crippen molar-refractivity contribution in [3.05, 3.63) is 29.6 Å². The minimum atomic E-state index is 0.594. The van der Waals surface area contributed by atoms with Crippen molar-refractivity contribution >= 4 is 6.08 Å². The van der Waals surface area contributed by atoms with Gasteiger partial charge in [0, 0.05) is 18.9 Å². The molecule has 0 amide bonds. The van der Waals surface area contributed by atoms with Crippen LogP contribution < -0.4 is 0 Å². The zero-order valence-electron chi connectivity index (χ0n) is 8.33. The maximum absolute atomic E-state index is 2.22. The van der Waals surface area contributed by atoms with Crippen LogP contribution in [0, 0.1) is 0 Å². The average molecular weight is 163 g/mol. The molecule has 12 heavy (non-hydrogen) atoms. The van der Waals surface area contributed by atoms with Crippen LogP contribution in [0.5, 0.6) is 0 Å². The predicted molar refractivity (Wildman–Crippen MR) is 54.2 cm³/mol. The van der Waals surface area contributed by atoms with Crippen molar-refractivity contribution in [1.29, 1.82) is 0 Å². The van der Waals surface area contributed by atoms with E-state index in [-0.39, 0.29) is 0 Å². The van der Waals surface area contributed by atoms with Gasteiger partial charge in [-0.2, -0.15) is 0 Å². The van der Waals surface area contributed by atoms with E-state index in [9.17, 15) is 0 Å². The highest BCUT2D eigenvalue weighted by atomic mass is 14.9. The first-order valence-electron chi connectivity index (χ1n) is 4.44.